The molecule has 5 nitrogen and oxygen atoms in total. The van der Waals surface area contributed by atoms with E-state index < -0.39 is 0 Å². The van der Waals surface area contributed by atoms with E-state index in [1.54, 1.807) is 18.2 Å². The lowest BCUT2D eigenvalue weighted by Crippen LogP contribution is -2.18. The van der Waals surface area contributed by atoms with Gasteiger partial charge in [0.15, 0.2) is 16.3 Å². The van der Waals surface area contributed by atoms with Gasteiger partial charge in [-0.3, -0.25) is 9.78 Å². The highest BCUT2D eigenvalue weighted by Crippen LogP contribution is 2.30. The van der Waals surface area contributed by atoms with Crippen LogP contribution in [0.5, 0.6) is 11.5 Å². The van der Waals surface area contributed by atoms with E-state index in [-0.39, 0.29) is 11.3 Å². The number of phenolic OH excluding ortho intramolecular Hbond substituents is 1. The van der Waals surface area contributed by atoms with Gasteiger partial charge in [0.1, 0.15) is 0 Å². The van der Waals surface area contributed by atoms with Gasteiger partial charge in [-0.25, -0.2) is 0 Å². The van der Waals surface area contributed by atoms with Crippen LogP contribution in [0.2, 0.25) is 0 Å². The van der Waals surface area contributed by atoms with Gasteiger partial charge in [0.05, 0.1) is 7.11 Å². The number of aryl methyl sites for hydroxylation is 1. The number of aromatic hydroxyl groups is 1. The Bertz CT molecular complexity index is 749. The number of hydrogen-bond donors (Lipinski definition) is 3. The Kier molecular flexibility index (Phi) is 4.80. The van der Waals surface area contributed by atoms with Gasteiger partial charge in [0.25, 0.3) is 5.56 Å². The molecule has 0 atom stereocenters. The van der Waals surface area contributed by atoms with Gasteiger partial charge < -0.3 is 14.8 Å². The maximum absolute atomic E-state index is 12.2. The second-order valence-corrected chi connectivity index (χ2v) is 5.17. The molecule has 0 saturated carbocycles. The molecule has 21 heavy (non-hydrogen) atoms. The number of ether oxygens (including phenoxy) is 1. The summed E-state index contributed by atoms with van der Waals surface area (Å²) in [6.45, 7) is 2.03. The minimum absolute atomic E-state index is 0.0595. The molecular formula is C15H18N2O3S. The van der Waals surface area contributed by atoms with Crippen LogP contribution < -0.4 is 10.3 Å². The first-order valence-electron chi connectivity index (χ1n) is 6.76. The minimum Gasteiger partial charge on any atom is -0.504 e. The molecule has 0 aliphatic heterocycles. The van der Waals surface area contributed by atoms with Crippen molar-refractivity contribution in [2.24, 2.45) is 0 Å². The van der Waals surface area contributed by atoms with Crippen LogP contribution in [-0.4, -0.2) is 22.2 Å². The summed E-state index contributed by atoms with van der Waals surface area (Å²) in [7, 11) is 1.49. The number of rotatable bonds is 5. The SMILES string of the molecule is CCCc1[nH]c(=S)[nH]c(=O)c1Cc1cccc(OC)c1O. The number of aromatic nitrogens is 2. The molecule has 2 rings (SSSR count). The van der Waals surface area contributed by atoms with E-state index >= 15 is 0 Å². The summed E-state index contributed by atoms with van der Waals surface area (Å²) >= 11 is 5.01. The molecule has 112 valence electrons. The standard InChI is InChI=1S/C15H18N2O3S/c1-3-5-11-10(14(19)17-15(21)16-11)8-9-6-4-7-12(20-2)13(9)18/h4,6-7,18H,3,5,8H2,1-2H3,(H2,16,17,19,21). The number of para-hydroxylation sites is 1. The number of aromatic amines is 2. The Labute approximate surface area is 127 Å². The fourth-order valence-corrected chi connectivity index (χ4v) is 2.49. The summed E-state index contributed by atoms with van der Waals surface area (Å²) in [6, 6.07) is 5.23. The zero-order chi connectivity index (χ0) is 15.4. The van der Waals surface area contributed by atoms with Gasteiger partial charge in [-0.2, -0.15) is 0 Å². The van der Waals surface area contributed by atoms with Gasteiger partial charge in [0.2, 0.25) is 0 Å². The smallest absolute Gasteiger partial charge is 0.255 e. The van der Waals surface area contributed by atoms with Crippen molar-refractivity contribution in [1.29, 1.82) is 0 Å². The molecule has 1 heterocycles. The first-order valence-corrected chi connectivity index (χ1v) is 7.16. The van der Waals surface area contributed by atoms with E-state index in [9.17, 15) is 9.90 Å². The van der Waals surface area contributed by atoms with Crippen molar-refractivity contribution in [1.82, 2.24) is 9.97 Å². The zero-order valence-corrected chi connectivity index (χ0v) is 12.8. The van der Waals surface area contributed by atoms with E-state index in [4.69, 9.17) is 17.0 Å². The van der Waals surface area contributed by atoms with Gasteiger partial charge in [0, 0.05) is 23.2 Å². The molecule has 0 aliphatic rings. The lowest BCUT2D eigenvalue weighted by atomic mass is 10.0. The molecule has 2 aromatic rings. The Balaban J connectivity index is 2.49. The van der Waals surface area contributed by atoms with Crippen LogP contribution in [0, 0.1) is 4.77 Å². The summed E-state index contributed by atoms with van der Waals surface area (Å²) in [5.41, 5.74) is 1.83. The van der Waals surface area contributed by atoms with Crippen molar-refractivity contribution in [2.75, 3.05) is 7.11 Å². The summed E-state index contributed by atoms with van der Waals surface area (Å²) in [5, 5.41) is 10.1. The van der Waals surface area contributed by atoms with Gasteiger partial charge in [-0.1, -0.05) is 25.5 Å². The highest BCUT2D eigenvalue weighted by atomic mass is 32.1. The average molecular weight is 306 g/mol. The molecule has 0 spiro atoms. The Morgan fingerprint density at radius 2 is 2.10 bits per heavy atom. The van der Waals surface area contributed by atoms with E-state index in [1.807, 2.05) is 6.92 Å². The summed E-state index contributed by atoms with van der Waals surface area (Å²) in [6.07, 6.45) is 1.94. The molecule has 0 saturated heterocycles. The number of methoxy groups -OCH3 is 1. The number of benzene rings is 1. The van der Waals surface area contributed by atoms with E-state index in [2.05, 4.69) is 9.97 Å². The van der Waals surface area contributed by atoms with Crippen molar-refractivity contribution in [3.8, 4) is 11.5 Å². The maximum Gasteiger partial charge on any atom is 0.255 e. The van der Waals surface area contributed by atoms with Crippen LogP contribution in [-0.2, 0) is 12.8 Å². The molecule has 1 aromatic carbocycles. The van der Waals surface area contributed by atoms with Crippen LogP contribution in [0.1, 0.15) is 30.2 Å². The lowest BCUT2D eigenvalue weighted by molar-refractivity contribution is 0.371. The van der Waals surface area contributed by atoms with Crippen molar-refractivity contribution in [3.05, 3.63) is 50.1 Å². The molecule has 1 aromatic heterocycles. The van der Waals surface area contributed by atoms with E-state index in [1.165, 1.54) is 7.11 Å². The largest absolute Gasteiger partial charge is 0.504 e. The predicted octanol–water partition coefficient (Wildman–Crippen LogP) is 2.69. The molecule has 0 unspecified atom stereocenters. The quantitative estimate of drug-likeness (QED) is 0.742. The van der Waals surface area contributed by atoms with Crippen LogP contribution in [0.15, 0.2) is 23.0 Å². The second-order valence-electron chi connectivity index (χ2n) is 4.76. The number of hydrogen-bond acceptors (Lipinski definition) is 4. The van der Waals surface area contributed by atoms with Gasteiger partial charge >= 0.3 is 0 Å². The minimum atomic E-state index is -0.218. The van der Waals surface area contributed by atoms with Crippen LogP contribution in [0.3, 0.4) is 0 Å². The summed E-state index contributed by atoms with van der Waals surface area (Å²) in [5.74, 6) is 0.453. The fraction of sp³-hybridized carbons (Fsp3) is 0.333. The average Bonchev–Trinajstić information content (AvgIpc) is 2.44. The molecular weight excluding hydrogens is 288 g/mol. The molecule has 0 fully saturated rings. The Morgan fingerprint density at radius 1 is 1.33 bits per heavy atom. The first-order chi connectivity index (χ1) is 10.1. The van der Waals surface area contributed by atoms with Gasteiger partial charge in [-0.05, 0) is 24.7 Å². The van der Waals surface area contributed by atoms with Crippen molar-refractivity contribution in [3.63, 3.8) is 0 Å². The van der Waals surface area contributed by atoms with Crippen molar-refractivity contribution < 1.29 is 9.84 Å². The molecule has 3 N–H and O–H groups in total. The molecule has 0 aliphatic carbocycles. The summed E-state index contributed by atoms with van der Waals surface area (Å²) in [4.78, 5) is 17.8. The van der Waals surface area contributed by atoms with Crippen LogP contribution >= 0.6 is 12.2 Å². The number of nitrogens with one attached hydrogen (secondary N) is 2. The third-order valence-corrected chi connectivity index (χ3v) is 3.50. The first kappa shape index (κ1) is 15.3. The number of H-pyrrole nitrogens is 2. The normalized spacial score (nSPS) is 10.6. The molecule has 0 radical (unpaired) electrons. The summed E-state index contributed by atoms with van der Waals surface area (Å²) < 4.78 is 5.41. The molecule has 6 heteroatoms. The topological polar surface area (TPSA) is 78.1 Å². The van der Waals surface area contributed by atoms with E-state index in [0.29, 0.717) is 28.1 Å². The van der Waals surface area contributed by atoms with E-state index in [0.717, 1.165) is 18.5 Å². The molecule has 0 bridgehead atoms. The lowest BCUT2D eigenvalue weighted by Gasteiger charge is -2.11. The molecule has 0 amide bonds. The predicted molar refractivity (Wildman–Crippen MR) is 83.7 cm³/mol. The fourth-order valence-electron chi connectivity index (χ4n) is 2.28. The van der Waals surface area contributed by atoms with Crippen molar-refractivity contribution >= 4 is 12.2 Å². The highest BCUT2D eigenvalue weighted by molar-refractivity contribution is 7.71. The maximum atomic E-state index is 12.2. The monoisotopic (exact) mass is 306 g/mol. The third-order valence-electron chi connectivity index (χ3n) is 3.30. The van der Waals surface area contributed by atoms with Crippen LogP contribution in [0.4, 0.5) is 0 Å². The highest BCUT2D eigenvalue weighted by Gasteiger charge is 2.13. The number of phenols is 1. The van der Waals surface area contributed by atoms with Crippen molar-refractivity contribution in [2.45, 2.75) is 26.2 Å². The van der Waals surface area contributed by atoms with Gasteiger partial charge in [-0.15, -0.1) is 0 Å². The Morgan fingerprint density at radius 3 is 2.76 bits per heavy atom. The second kappa shape index (κ2) is 6.58. The third kappa shape index (κ3) is 3.33. The van der Waals surface area contributed by atoms with Crippen LogP contribution in [0.25, 0.3) is 0 Å². The zero-order valence-electron chi connectivity index (χ0n) is 12.0. The Hall–Kier alpha value is -2.08.